The number of hydrogen-bond donors (Lipinski definition) is 0. The van der Waals surface area contributed by atoms with E-state index in [9.17, 15) is 14.9 Å². The number of nitriles is 1. The molecule has 0 heterocycles. The number of ketones is 1. The Morgan fingerprint density at radius 1 is 1.00 bits per heavy atom. The SMILES string of the molecule is Cc1ccc(/C=C(\C#N)C(=O)O[C@H](C)C(=O)c2ccc(C)cc2)cc1. The highest BCUT2D eigenvalue weighted by atomic mass is 16.5. The lowest BCUT2D eigenvalue weighted by molar-refractivity contribution is -0.141. The largest absolute Gasteiger partial charge is 0.450 e. The first-order valence-electron chi connectivity index (χ1n) is 7.91. The minimum Gasteiger partial charge on any atom is -0.450 e. The van der Waals surface area contributed by atoms with Gasteiger partial charge in [0.15, 0.2) is 6.10 Å². The van der Waals surface area contributed by atoms with E-state index in [0.29, 0.717) is 5.56 Å². The molecule has 126 valence electrons. The number of rotatable bonds is 5. The first-order valence-corrected chi connectivity index (χ1v) is 7.91. The summed E-state index contributed by atoms with van der Waals surface area (Å²) in [5.74, 6) is -1.11. The zero-order chi connectivity index (χ0) is 18.4. The van der Waals surface area contributed by atoms with Crippen LogP contribution in [0.1, 0.15) is 34.0 Å². The highest BCUT2D eigenvalue weighted by Gasteiger charge is 2.21. The fourth-order valence-corrected chi connectivity index (χ4v) is 2.20. The van der Waals surface area contributed by atoms with Gasteiger partial charge in [0.1, 0.15) is 11.6 Å². The van der Waals surface area contributed by atoms with Crippen molar-refractivity contribution in [3.05, 3.63) is 76.4 Å². The molecule has 2 rings (SSSR count). The van der Waals surface area contributed by atoms with Crippen molar-refractivity contribution in [3.63, 3.8) is 0 Å². The zero-order valence-corrected chi connectivity index (χ0v) is 14.4. The van der Waals surface area contributed by atoms with Crippen LogP contribution in [0.2, 0.25) is 0 Å². The summed E-state index contributed by atoms with van der Waals surface area (Å²) in [6, 6.07) is 16.2. The number of carbonyl (C=O) groups is 2. The standard InChI is InChI=1S/C21H19NO3/c1-14-4-8-17(9-5-14)12-19(13-22)21(24)25-16(3)20(23)18-10-6-15(2)7-11-18/h4-12,16H,1-3H3/b19-12+/t16-/m1/s1. The molecule has 0 bridgehead atoms. The zero-order valence-electron chi connectivity index (χ0n) is 14.4. The summed E-state index contributed by atoms with van der Waals surface area (Å²) in [4.78, 5) is 24.5. The number of nitrogens with zero attached hydrogens (tertiary/aromatic N) is 1. The molecule has 0 radical (unpaired) electrons. The van der Waals surface area contributed by atoms with Crippen molar-refractivity contribution in [2.24, 2.45) is 0 Å². The minimum atomic E-state index is -0.968. The summed E-state index contributed by atoms with van der Waals surface area (Å²) in [6.07, 6.45) is 0.482. The number of Topliss-reactive ketones (excluding diaryl/α,β-unsaturated/α-hetero) is 1. The van der Waals surface area contributed by atoms with Gasteiger partial charge in [-0.25, -0.2) is 4.79 Å². The number of ether oxygens (including phenoxy) is 1. The number of hydrogen-bond acceptors (Lipinski definition) is 4. The van der Waals surface area contributed by atoms with Crippen molar-refractivity contribution in [1.82, 2.24) is 0 Å². The van der Waals surface area contributed by atoms with Crippen LogP contribution < -0.4 is 0 Å². The smallest absolute Gasteiger partial charge is 0.349 e. The molecule has 0 fully saturated rings. The van der Waals surface area contributed by atoms with E-state index in [-0.39, 0.29) is 11.4 Å². The van der Waals surface area contributed by atoms with Crippen LogP contribution >= 0.6 is 0 Å². The Morgan fingerprint density at radius 3 is 2.04 bits per heavy atom. The predicted molar refractivity (Wildman–Crippen MR) is 95.8 cm³/mol. The second-order valence-electron chi connectivity index (χ2n) is 5.86. The molecule has 0 aliphatic carbocycles. The van der Waals surface area contributed by atoms with Gasteiger partial charge in [-0.05, 0) is 32.4 Å². The molecule has 2 aromatic carbocycles. The molecule has 25 heavy (non-hydrogen) atoms. The van der Waals surface area contributed by atoms with E-state index in [2.05, 4.69) is 0 Å². The van der Waals surface area contributed by atoms with Crippen molar-refractivity contribution in [3.8, 4) is 6.07 Å². The molecular formula is C21H19NO3. The molecule has 4 heteroatoms. The Labute approximate surface area is 147 Å². The van der Waals surface area contributed by atoms with Gasteiger partial charge in [-0.3, -0.25) is 4.79 Å². The average Bonchev–Trinajstić information content (AvgIpc) is 2.61. The summed E-state index contributed by atoms with van der Waals surface area (Å²) < 4.78 is 5.17. The minimum absolute atomic E-state index is 0.146. The predicted octanol–water partition coefficient (Wildman–Crippen LogP) is 4.03. The highest BCUT2D eigenvalue weighted by Crippen LogP contribution is 2.13. The average molecular weight is 333 g/mol. The van der Waals surface area contributed by atoms with Crippen molar-refractivity contribution < 1.29 is 14.3 Å². The van der Waals surface area contributed by atoms with Crippen LogP contribution in [0.15, 0.2) is 54.1 Å². The fraction of sp³-hybridized carbons (Fsp3) is 0.190. The Balaban J connectivity index is 2.10. The number of esters is 1. The normalized spacial score (nSPS) is 12.2. The first-order chi connectivity index (χ1) is 11.9. The topological polar surface area (TPSA) is 67.2 Å². The lowest BCUT2D eigenvalue weighted by Gasteiger charge is -2.12. The lowest BCUT2D eigenvalue weighted by atomic mass is 10.1. The molecular weight excluding hydrogens is 314 g/mol. The van der Waals surface area contributed by atoms with Crippen LogP contribution in [0.3, 0.4) is 0 Å². The van der Waals surface area contributed by atoms with Crippen LogP contribution in [-0.4, -0.2) is 17.9 Å². The fourth-order valence-electron chi connectivity index (χ4n) is 2.20. The third kappa shape index (κ3) is 4.89. The van der Waals surface area contributed by atoms with Crippen LogP contribution in [0, 0.1) is 25.2 Å². The molecule has 2 aromatic rings. The van der Waals surface area contributed by atoms with E-state index in [0.717, 1.165) is 16.7 Å². The summed E-state index contributed by atoms with van der Waals surface area (Å²) in [5, 5.41) is 9.21. The van der Waals surface area contributed by atoms with Crippen molar-refractivity contribution in [1.29, 1.82) is 5.26 Å². The molecule has 0 amide bonds. The Bertz CT molecular complexity index is 840. The highest BCUT2D eigenvalue weighted by molar-refractivity contribution is 6.03. The van der Waals surface area contributed by atoms with Gasteiger partial charge < -0.3 is 4.74 Å². The third-order valence-corrected chi connectivity index (χ3v) is 3.72. The van der Waals surface area contributed by atoms with Crippen LogP contribution in [0.5, 0.6) is 0 Å². The molecule has 0 unspecified atom stereocenters. The maximum atomic E-state index is 12.3. The van der Waals surface area contributed by atoms with Gasteiger partial charge in [-0.15, -0.1) is 0 Å². The van der Waals surface area contributed by atoms with Gasteiger partial charge in [-0.1, -0.05) is 59.7 Å². The number of carbonyl (C=O) groups excluding carboxylic acids is 2. The Morgan fingerprint density at radius 2 is 1.52 bits per heavy atom. The molecule has 0 aliphatic heterocycles. The van der Waals surface area contributed by atoms with Gasteiger partial charge in [-0.2, -0.15) is 5.26 Å². The molecule has 0 aromatic heterocycles. The maximum absolute atomic E-state index is 12.3. The lowest BCUT2D eigenvalue weighted by Crippen LogP contribution is -2.25. The maximum Gasteiger partial charge on any atom is 0.349 e. The summed E-state index contributed by atoms with van der Waals surface area (Å²) in [7, 11) is 0. The van der Waals surface area contributed by atoms with E-state index in [1.54, 1.807) is 24.3 Å². The molecule has 1 atom stereocenters. The van der Waals surface area contributed by atoms with Crippen molar-refractivity contribution >= 4 is 17.8 Å². The number of aryl methyl sites for hydroxylation is 2. The molecule has 0 saturated carbocycles. The summed E-state index contributed by atoms with van der Waals surface area (Å²) >= 11 is 0. The van der Waals surface area contributed by atoms with Gasteiger partial charge in [0.2, 0.25) is 5.78 Å². The van der Waals surface area contributed by atoms with Crippen molar-refractivity contribution in [2.75, 3.05) is 0 Å². The van der Waals surface area contributed by atoms with E-state index >= 15 is 0 Å². The molecule has 0 N–H and O–H groups in total. The Hall–Kier alpha value is -3.19. The van der Waals surface area contributed by atoms with Gasteiger partial charge in [0.05, 0.1) is 0 Å². The monoisotopic (exact) mass is 333 g/mol. The molecule has 0 spiro atoms. The van der Waals surface area contributed by atoms with E-state index in [1.165, 1.54) is 13.0 Å². The Kier molecular flexibility index (Phi) is 5.86. The first kappa shape index (κ1) is 18.2. The van der Waals surface area contributed by atoms with Crippen LogP contribution in [-0.2, 0) is 9.53 Å². The molecule has 0 saturated heterocycles. The van der Waals surface area contributed by atoms with E-state index in [4.69, 9.17) is 4.74 Å². The van der Waals surface area contributed by atoms with E-state index < -0.39 is 12.1 Å². The van der Waals surface area contributed by atoms with Crippen LogP contribution in [0.25, 0.3) is 6.08 Å². The number of benzene rings is 2. The van der Waals surface area contributed by atoms with Crippen molar-refractivity contribution in [2.45, 2.75) is 26.9 Å². The third-order valence-electron chi connectivity index (χ3n) is 3.72. The van der Waals surface area contributed by atoms with Gasteiger partial charge >= 0.3 is 5.97 Å². The van der Waals surface area contributed by atoms with Gasteiger partial charge in [0, 0.05) is 5.56 Å². The van der Waals surface area contributed by atoms with Gasteiger partial charge in [0.25, 0.3) is 0 Å². The second kappa shape index (κ2) is 8.07. The van der Waals surface area contributed by atoms with E-state index in [1.807, 2.05) is 44.2 Å². The van der Waals surface area contributed by atoms with Crippen LogP contribution in [0.4, 0.5) is 0 Å². The molecule has 0 aliphatic rings. The summed E-state index contributed by atoms with van der Waals surface area (Å²) in [5.41, 5.74) is 3.15. The second-order valence-corrected chi connectivity index (χ2v) is 5.86. The molecule has 4 nitrogen and oxygen atoms in total. The summed E-state index contributed by atoms with van der Waals surface area (Å²) in [6.45, 7) is 5.37. The quantitative estimate of drug-likeness (QED) is 0.359.